The number of amides is 1. The summed E-state index contributed by atoms with van der Waals surface area (Å²) in [4.78, 5) is 22.9. The van der Waals surface area contributed by atoms with Crippen LogP contribution in [0, 0.1) is 5.92 Å². The highest BCUT2D eigenvalue weighted by molar-refractivity contribution is 6.00. The molecule has 3 aliphatic rings. The van der Waals surface area contributed by atoms with Crippen LogP contribution in [0.5, 0.6) is 0 Å². The van der Waals surface area contributed by atoms with Crippen molar-refractivity contribution in [2.75, 3.05) is 28.8 Å². The van der Waals surface area contributed by atoms with Crippen molar-refractivity contribution >= 4 is 28.8 Å². The normalized spacial score (nSPS) is 21.7. The molecule has 2 aliphatic heterocycles. The average molecular weight is 458 g/mol. The fourth-order valence-electron chi connectivity index (χ4n) is 5.60. The van der Waals surface area contributed by atoms with Crippen LogP contribution in [0.1, 0.15) is 36.9 Å². The van der Waals surface area contributed by atoms with E-state index in [-0.39, 0.29) is 17.9 Å². The number of carbonyl (C=O) groups excluding carboxylic acids is 1. The average Bonchev–Trinajstić information content (AvgIpc) is 3.29. The van der Waals surface area contributed by atoms with Gasteiger partial charge in [0, 0.05) is 55.5 Å². The van der Waals surface area contributed by atoms with E-state index in [9.17, 15) is 4.79 Å². The van der Waals surface area contributed by atoms with Crippen molar-refractivity contribution in [3.05, 3.63) is 66.1 Å². The number of methoxy groups -OCH3 is 1. The van der Waals surface area contributed by atoms with Gasteiger partial charge < -0.3 is 24.4 Å². The quantitative estimate of drug-likeness (QED) is 0.618. The highest BCUT2D eigenvalue weighted by Crippen LogP contribution is 2.40. The summed E-state index contributed by atoms with van der Waals surface area (Å²) in [5.41, 5.74) is 5.37. The number of nitrogens with zero attached hydrogens (tertiary/aromatic N) is 4. The van der Waals surface area contributed by atoms with Crippen LogP contribution in [0.2, 0.25) is 0 Å². The molecule has 176 valence electrons. The molecule has 1 aliphatic carbocycles. The number of aromatic nitrogens is 2. The number of nitrogens with one attached hydrogen (secondary N) is 1. The Morgan fingerprint density at radius 2 is 1.94 bits per heavy atom. The van der Waals surface area contributed by atoms with E-state index in [1.165, 1.54) is 5.69 Å². The highest BCUT2D eigenvalue weighted by Gasteiger charge is 2.33. The third kappa shape index (κ3) is 3.84. The summed E-state index contributed by atoms with van der Waals surface area (Å²) in [5.74, 6) is 1.06. The molecule has 0 unspecified atom stereocenters. The first kappa shape index (κ1) is 21.2. The predicted molar refractivity (Wildman–Crippen MR) is 133 cm³/mol. The maximum Gasteiger partial charge on any atom is 0.230 e. The molecule has 3 aromatic rings. The summed E-state index contributed by atoms with van der Waals surface area (Å²) in [6.07, 6.45) is 7.85. The number of pyridine rings is 1. The third-order valence-corrected chi connectivity index (χ3v) is 7.62. The number of ether oxygens (including phenoxy) is 1. The lowest BCUT2D eigenvalue weighted by Gasteiger charge is -2.34. The fraction of sp³-hybridized carbons (Fsp3) is 0.407. The van der Waals surface area contributed by atoms with E-state index in [2.05, 4.69) is 62.4 Å². The van der Waals surface area contributed by atoms with Gasteiger partial charge in [-0.2, -0.15) is 0 Å². The molecule has 6 rings (SSSR count). The molecule has 34 heavy (non-hydrogen) atoms. The maximum atomic E-state index is 13.9. The molecule has 0 atom stereocenters. The Labute approximate surface area is 200 Å². The minimum absolute atomic E-state index is 0.0272. The molecular formula is C27H31N5O2. The van der Waals surface area contributed by atoms with Crippen molar-refractivity contribution < 1.29 is 9.53 Å². The van der Waals surface area contributed by atoms with Crippen molar-refractivity contribution in [2.24, 2.45) is 5.92 Å². The Morgan fingerprint density at radius 3 is 2.79 bits per heavy atom. The second-order valence-corrected chi connectivity index (χ2v) is 9.59. The third-order valence-electron chi connectivity index (χ3n) is 7.62. The van der Waals surface area contributed by atoms with Gasteiger partial charge in [0.15, 0.2) is 0 Å². The summed E-state index contributed by atoms with van der Waals surface area (Å²) in [7, 11) is 1.77. The lowest BCUT2D eigenvalue weighted by Crippen LogP contribution is -2.38. The standard InChI is InChI=1S/C27H31N5O2/c1-34-23-9-6-19(7-10-23)27(33)32-17-20-4-2-12-28-26(20)29-24-11-8-21(16-25(24)32)31-15-14-30-13-3-5-22(30)18-31/h2-5,8,11-13,16,19,23H,6-7,9-10,14-15,17-18H2,1H3,(H,28,29). The van der Waals surface area contributed by atoms with Crippen LogP contribution >= 0.6 is 0 Å². The van der Waals surface area contributed by atoms with Crippen LogP contribution < -0.4 is 15.1 Å². The highest BCUT2D eigenvalue weighted by atomic mass is 16.5. The van der Waals surface area contributed by atoms with Gasteiger partial charge >= 0.3 is 0 Å². The molecule has 0 bridgehead atoms. The number of carbonyl (C=O) groups is 1. The number of fused-ring (bicyclic) bond motifs is 3. The van der Waals surface area contributed by atoms with E-state index >= 15 is 0 Å². The SMILES string of the molecule is COC1CCC(C(=O)N2Cc3cccnc3Nc3ccc(N4CCn5cccc5C4)cc32)CC1. The zero-order valence-electron chi connectivity index (χ0n) is 19.6. The van der Waals surface area contributed by atoms with Gasteiger partial charge in [-0.05, 0) is 62.1 Å². The number of hydrogen-bond acceptors (Lipinski definition) is 5. The van der Waals surface area contributed by atoms with Crippen molar-refractivity contribution in [3.8, 4) is 0 Å². The molecule has 1 N–H and O–H groups in total. The Hall–Kier alpha value is -3.32. The van der Waals surface area contributed by atoms with Gasteiger partial charge in [-0.15, -0.1) is 0 Å². The fourth-order valence-corrected chi connectivity index (χ4v) is 5.60. The minimum Gasteiger partial charge on any atom is -0.381 e. The molecule has 0 radical (unpaired) electrons. The molecule has 1 saturated carbocycles. The Morgan fingerprint density at radius 1 is 1.06 bits per heavy atom. The molecule has 1 fully saturated rings. The van der Waals surface area contributed by atoms with Crippen LogP contribution in [0.4, 0.5) is 22.9 Å². The Kier molecular flexibility index (Phi) is 5.49. The molecule has 0 spiro atoms. The molecular weight excluding hydrogens is 426 g/mol. The van der Waals surface area contributed by atoms with Crippen molar-refractivity contribution in [1.29, 1.82) is 0 Å². The summed E-state index contributed by atoms with van der Waals surface area (Å²) < 4.78 is 7.85. The number of benzene rings is 1. The van der Waals surface area contributed by atoms with E-state index in [1.54, 1.807) is 13.3 Å². The Balaban J connectivity index is 1.34. The van der Waals surface area contributed by atoms with Gasteiger partial charge in [0.25, 0.3) is 0 Å². The molecule has 7 heteroatoms. The zero-order chi connectivity index (χ0) is 23.1. The molecule has 4 heterocycles. The first-order valence-corrected chi connectivity index (χ1v) is 12.3. The number of anilines is 4. The second kappa shape index (κ2) is 8.80. The van der Waals surface area contributed by atoms with Crippen LogP contribution in [0.3, 0.4) is 0 Å². The van der Waals surface area contributed by atoms with E-state index in [0.717, 1.165) is 73.8 Å². The first-order chi connectivity index (χ1) is 16.7. The smallest absolute Gasteiger partial charge is 0.230 e. The van der Waals surface area contributed by atoms with E-state index in [4.69, 9.17) is 4.74 Å². The largest absolute Gasteiger partial charge is 0.381 e. The van der Waals surface area contributed by atoms with Crippen molar-refractivity contribution in [1.82, 2.24) is 9.55 Å². The van der Waals surface area contributed by atoms with E-state index in [0.29, 0.717) is 6.54 Å². The van der Waals surface area contributed by atoms with E-state index in [1.807, 2.05) is 11.0 Å². The van der Waals surface area contributed by atoms with Crippen LogP contribution in [-0.2, 0) is 29.2 Å². The monoisotopic (exact) mass is 457 g/mol. The topological polar surface area (TPSA) is 62.6 Å². The summed E-state index contributed by atoms with van der Waals surface area (Å²) in [6, 6.07) is 14.7. The lowest BCUT2D eigenvalue weighted by molar-refractivity contribution is -0.124. The molecule has 2 aromatic heterocycles. The van der Waals surface area contributed by atoms with E-state index < -0.39 is 0 Å². The van der Waals surface area contributed by atoms with Gasteiger partial charge in [0.05, 0.1) is 30.6 Å². The molecule has 1 aromatic carbocycles. The van der Waals surface area contributed by atoms with Gasteiger partial charge in [0.1, 0.15) is 5.82 Å². The minimum atomic E-state index is 0.0272. The second-order valence-electron chi connectivity index (χ2n) is 9.59. The lowest BCUT2D eigenvalue weighted by atomic mass is 9.86. The summed E-state index contributed by atoms with van der Waals surface area (Å²) in [6.45, 7) is 3.32. The molecule has 0 saturated heterocycles. The van der Waals surface area contributed by atoms with Gasteiger partial charge in [0.2, 0.25) is 5.91 Å². The molecule has 1 amide bonds. The zero-order valence-corrected chi connectivity index (χ0v) is 19.6. The Bertz CT molecular complexity index is 1200. The van der Waals surface area contributed by atoms with Crippen LogP contribution in [0.25, 0.3) is 0 Å². The van der Waals surface area contributed by atoms with Crippen molar-refractivity contribution in [3.63, 3.8) is 0 Å². The summed E-state index contributed by atoms with van der Waals surface area (Å²) >= 11 is 0. The van der Waals surface area contributed by atoms with Gasteiger partial charge in [-0.3, -0.25) is 4.79 Å². The maximum absolute atomic E-state index is 13.9. The van der Waals surface area contributed by atoms with Gasteiger partial charge in [-0.25, -0.2) is 4.98 Å². The summed E-state index contributed by atoms with van der Waals surface area (Å²) in [5, 5.41) is 3.50. The van der Waals surface area contributed by atoms with Crippen molar-refractivity contribution in [2.45, 2.75) is 51.4 Å². The molecule has 7 nitrogen and oxygen atoms in total. The van der Waals surface area contributed by atoms with Gasteiger partial charge in [-0.1, -0.05) is 6.07 Å². The predicted octanol–water partition coefficient (Wildman–Crippen LogP) is 4.70. The number of rotatable bonds is 3. The first-order valence-electron chi connectivity index (χ1n) is 12.3. The van der Waals surface area contributed by atoms with Crippen LogP contribution in [-0.4, -0.2) is 35.2 Å². The van der Waals surface area contributed by atoms with Crippen LogP contribution in [0.15, 0.2) is 54.9 Å². The number of hydrogen-bond donors (Lipinski definition) is 1.